The molecule has 1 aromatic heterocycles. The van der Waals surface area contributed by atoms with Gasteiger partial charge in [-0.3, -0.25) is 9.69 Å². The smallest absolute Gasteiger partial charge is 0.181 e. The van der Waals surface area contributed by atoms with Crippen molar-refractivity contribution in [1.29, 1.82) is 0 Å². The second kappa shape index (κ2) is 8.36. The van der Waals surface area contributed by atoms with E-state index in [1.807, 2.05) is 50.2 Å². The first-order valence-corrected chi connectivity index (χ1v) is 10.5. The molecule has 1 aliphatic rings. The van der Waals surface area contributed by atoms with Crippen molar-refractivity contribution in [3.8, 4) is 11.4 Å². The zero-order chi connectivity index (χ0) is 21.3. The van der Waals surface area contributed by atoms with E-state index in [4.69, 9.17) is 0 Å². The number of carbonyl (C=O) groups is 1. The molecule has 156 valence electrons. The molecule has 0 spiro atoms. The van der Waals surface area contributed by atoms with Gasteiger partial charge in [0.25, 0.3) is 0 Å². The molecule has 2 aromatic carbocycles. The molecule has 1 aliphatic heterocycles. The van der Waals surface area contributed by atoms with Gasteiger partial charge in [0.15, 0.2) is 5.78 Å². The van der Waals surface area contributed by atoms with E-state index in [1.165, 1.54) is 0 Å². The summed E-state index contributed by atoms with van der Waals surface area (Å²) in [5.41, 5.74) is 5.08. The molecule has 4 rings (SSSR count). The van der Waals surface area contributed by atoms with Crippen molar-refractivity contribution in [1.82, 2.24) is 9.47 Å². The molecule has 1 fully saturated rings. The van der Waals surface area contributed by atoms with E-state index in [0.29, 0.717) is 0 Å². The number of phenols is 1. The van der Waals surface area contributed by atoms with Crippen LogP contribution in [0.5, 0.6) is 5.75 Å². The summed E-state index contributed by atoms with van der Waals surface area (Å²) in [6.07, 6.45) is 0. The number of nitrogens with zero attached hydrogens (tertiary/aromatic N) is 3. The van der Waals surface area contributed by atoms with E-state index in [1.54, 1.807) is 12.1 Å². The predicted octanol–water partition coefficient (Wildman–Crippen LogP) is 4.19. The SMILES string of the molecule is Cc1cc(C(=O)[C@H](C)N2CCN(c3ccc(O)cc3)CC2)c(C)n1-c1ccccc1. The molecule has 0 saturated carbocycles. The minimum absolute atomic E-state index is 0.156. The van der Waals surface area contributed by atoms with Crippen molar-refractivity contribution in [3.05, 3.63) is 77.6 Å². The molecule has 1 atom stereocenters. The number of aromatic nitrogens is 1. The minimum atomic E-state index is -0.156. The maximum absolute atomic E-state index is 13.4. The van der Waals surface area contributed by atoms with Crippen LogP contribution in [0.4, 0.5) is 5.69 Å². The van der Waals surface area contributed by atoms with E-state index in [2.05, 4.69) is 33.4 Å². The Kier molecular flexibility index (Phi) is 5.64. The Balaban J connectivity index is 1.46. The van der Waals surface area contributed by atoms with Crippen molar-refractivity contribution in [2.24, 2.45) is 0 Å². The number of ketones is 1. The molecule has 1 N–H and O–H groups in total. The number of aryl methyl sites for hydroxylation is 1. The van der Waals surface area contributed by atoms with E-state index in [0.717, 1.165) is 54.5 Å². The molecular formula is C25H29N3O2. The second-order valence-corrected chi connectivity index (χ2v) is 8.04. The fraction of sp³-hybridized carbons (Fsp3) is 0.320. The third kappa shape index (κ3) is 3.85. The first kappa shape index (κ1) is 20.2. The summed E-state index contributed by atoms with van der Waals surface area (Å²) in [6, 6.07) is 19.4. The van der Waals surface area contributed by atoms with Gasteiger partial charge in [-0.15, -0.1) is 0 Å². The van der Waals surface area contributed by atoms with Crippen molar-refractivity contribution in [3.63, 3.8) is 0 Å². The molecule has 0 bridgehead atoms. The predicted molar refractivity (Wildman–Crippen MR) is 121 cm³/mol. The zero-order valence-corrected chi connectivity index (χ0v) is 17.9. The van der Waals surface area contributed by atoms with Crippen LogP contribution in [-0.2, 0) is 0 Å². The van der Waals surface area contributed by atoms with Gasteiger partial charge in [-0.25, -0.2) is 0 Å². The summed E-state index contributed by atoms with van der Waals surface area (Å²) < 4.78 is 2.16. The highest BCUT2D eigenvalue weighted by Crippen LogP contribution is 2.24. The lowest BCUT2D eigenvalue weighted by molar-refractivity contribution is 0.0829. The van der Waals surface area contributed by atoms with Crippen molar-refractivity contribution < 1.29 is 9.90 Å². The molecule has 0 unspecified atom stereocenters. The van der Waals surface area contributed by atoms with Crippen molar-refractivity contribution >= 4 is 11.5 Å². The fourth-order valence-corrected chi connectivity index (χ4v) is 4.41. The molecule has 0 amide bonds. The topological polar surface area (TPSA) is 48.7 Å². The Morgan fingerprint density at radius 1 is 0.900 bits per heavy atom. The molecule has 5 nitrogen and oxygen atoms in total. The fourth-order valence-electron chi connectivity index (χ4n) is 4.41. The number of para-hydroxylation sites is 1. The van der Waals surface area contributed by atoms with Crippen LogP contribution >= 0.6 is 0 Å². The molecule has 2 heterocycles. The largest absolute Gasteiger partial charge is 0.508 e. The third-order valence-electron chi connectivity index (χ3n) is 6.17. The van der Waals surface area contributed by atoms with E-state index >= 15 is 0 Å². The summed E-state index contributed by atoms with van der Waals surface area (Å²) in [6.45, 7) is 9.51. The van der Waals surface area contributed by atoms with Crippen LogP contribution in [0.15, 0.2) is 60.7 Å². The normalized spacial score (nSPS) is 15.9. The summed E-state index contributed by atoms with van der Waals surface area (Å²) in [7, 11) is 0. The first-order chi connectivity index (χ1) is 14.5. The van der Waals surface area contributed by atoms with Gasteiger partial charge in [-0.05, 0) is 63.2 Å². The van der Waals surface area contributed by atoms with Crippen molar-refractivity contribution in [2.45, 2.75) is 26.8 Å². The Labute approximate surface area is 178 Å². The van der Waals surface area contributed by atoms with Crippen LogP contribution in [0.25, 0.3) is 5.69 Å². The standard InChI is InChI=1S/C25H29N3O2/c1-18-17-24(19(2)28(18)22-7-5-4-6-8-22)25(30)20(3)26-13-15-27(16-14-26)21-9-11-23(29)12-10-21/h4-12,17,20,29H,13-16H2,1-3H3/t20-/m0/s1. The average Bonchev–Trinajstić information content (AvgIpc) is 3.08. The van der Waals surface area contributed by atoms with E-state index in [-0.39, 0.29) is 17.6 Å². The van der Waals surface area contributed by atoms with Crippen LogP contribution in [-0.4, -0.2) is 52.6 Å². The first-order valence-electron chi connectivity index (χ1n) is 10.5. The summed E-state index contributed by atoms with van der Waals surface area (Å²) in [5, 5.41) is 9.49. The number of rotatable bonds is 5. The van der Waals surface area contributed by atoms with Crippen LogP contribution < -0.4 is 4.90 Å². The number of phenolic OH excluding ortho intramolecular Hbond substituents is 1. The van der Waals surface area contributed by atoms with Crippen LogP contribution in [0, 0.1) is 13.8 Å². The van der Waals surface area contributed by atoms with Crippen LogP contribution in [0.1, 0.15) is 28.7 Å². The van der Waals surface area contributed by atoms with Gasteiger partial charge in [0.1, 0.15) is 5.75 Å². The molecular weight excluding hydrogens is 374 g/mol. The Morgan fingerprint density at radius 2 is 1.53 bits per heavy atom. The second-order valence-electron chi connectivity index (χ2n) is 8.04. The molecule has 5 heteroatoms. The Morgan fingerprint density at radius 3 is 2.17 bits per heavy atom. The number of aromatic hydroxyl groups is 1. The maximum atomic E-state index is 13.4. The van der Waals surface area contributed by atoms with Gasteiger partial charge in [0.05, 0.1) is 6.04 Å². The lowest BCUT2D eigenvalue weighted by atomic mass is 10.0. The van der Waals surface area contributed by atoms with Gasteiger partial charge in [0, 0.05) is 54.5 Å². The Hall–Kier alpha value is -3.05. The lowest BCUT2D eigenvalue weighted by Crippen LogP contribution is -2.51. The number of hydrogen-bond donors (Lipinski definition) is 1. The van der Waals surface area contributed by atoms with Gasteiger partial charge in [0.2, 0.25) is 0 Å². The molecule has 3 aromatic rings. The highest BCUT2D eigenvalue weighted by Gasteiger charge is 2.28. The Bertz CT molecular complexity index is 1020. The molecule has 0 aliphatic carbocycles. The van der Waals surface area contributed by atoms with Crippen LogP contribution in [0.3, 0.4) is 0 Å². The molecule has 0 radical (unpaired) electrons. The lowest BCUT2D eigenvalue weighted by Gasteiger charge is -2.38. The molecule has 30 heavy (non-hydrogen) atoms. The number of piperazine rings is 1. The minimum Gasteiger partial charge on any atom is -0.508 e. The zero-order valence-electron chi connectivity index (χ0n) is 17.9. The maximum Gasteiger partial charge on any atom is 0.181 e. The summed E-state index contributed by atoms with van der Waals surface area (Å²) in [4.78, 5) is 17.9. The highest BCUT2D eigenvalue weighted by molar-refractivity contribution is 6.01. The van der Waals surface area contributed by atoms with Gasteiger partial charge < -0.3 is 14.6 Å². The quantitative estimate of drug-likeness (QED) is 0.649. The number of hydrogen-bond acceptors (Lipinski definition) is 4. The number of anilines is 1. The summed E-state index contributed by atoms with van der Waals surface area (Å²) in [5.74, 6) is 0.466. The van der Waals surface area contributed by atoms with Gasteiger partial charge in [-0.2, -0.15) is 0 Å². The van der Waals surface area contributed by atoms with Gasteiger partial charge >= 0.3 is 0 Å². The number of carbonyl (C=O) groups excluding carboxylic acids is 1. The highest BCUT2D eigenvalue weighted by atomic mass is 16.3. The number of Topliss-reactive ketones (excluding diaryl/α,β-unsaturated/α-hetero) is 1. The monoisotopic (exact) mass is 403 g/mol. The van der Waals surface area contributed by atoms with Crippen molar-refractivity contribution in [2.75, 3.05) is 31.1 Å². The number of benzene rings is 2. The summed E-state index contributed by atoms with van der Waals surface area (Å²) >= 11 is 0. The van der Waals surface area contributed by atoms with Gasteiger partial charge in [-0.1, -0.05) is 18.2 Å². The van der Waals surface area contributed by atoms with E-state index in [9.17, 15) is 9.90 Å². The van der Waals surface area contributed by atoms with Crippen LogP contribution in [0.2, 0.25) is 0 Å². The average molecular weight is 404 g/mol. The third-order valence-corrected chi connectivity index (χ3v) is 6.17. The molecule has 1 saturated heterocycles. The van der Waals surface area contributed by atoms with E-state index < -0.39 is 0 Å².